The Morgan fingerprint density at radius 3 is 2.05 bits per heavy atom. The van der Waals surface area contributed by atoms with E-state index < -0.39 is 10.8 Å². The molecule has 1 N–H and O–H groups in total. The second kappa shape index (κ2) is 16.0. The number of ether oxygens (including phenoxy) is 3. The first-order valence-electron chi connectivity index (χ1n) is 7.01. The molecule has 0 aromatic carbocycles. The van der Waals surface area contributed by atoms with Crippen LogP contribution in [0.5, 0.6) is 0 Å². The van der Waals surface area contributed by atoms with Gasteiger partial charge in [-0.05, 0) is 6.42 Å². The first-order valence-corrected chi connectivity index (χ1v) is 8.74. The number of unbranched alkanes of at least 4 members (excludes halogenated alkanes) is 1. The molecular formula is C13H29NO4S. The van der Waals surface area contributed by atoms with Crippen LogP contribution in [0.2, 0.25) is 0 Å². The molecule has 0 fully saturated rings. The van der Waals surface area contributed by atoms with E-state index in [-0.39, 0.29) is 0 Å². The van der Waals surface area contributed by atoms with Crippen LogP contribution in [0, 0.1) is 0 Å². The molecule has 0 amide bonds. The Balaban J connectivity index is 2.93. The molecule has 0 radical (unpaired) electrons. The monoisotopic (exact) mass is 295 g/mol. The summed E-state index contributed by atoms with van der Waals surface area (Å²) in [6.07, 6.45) is 3.99. The van der Waals surface area contributed by atoms with Gasteiger partial charge in [0, 0.05) is 42.5 Å². The molecule has 0 aromatic rings. The molecule has 0 heterocycles. The van der Waals surface area contributed by atoms with Gasteiger partial charge in [-0.1, -0.05) is 13.3 Å². The Morgan fingerprint density at radius 2 is 1.47 bits per heavy atom. The predicted octanol–water partition coefficient (Wildman–Crippen LogP) is 0.804. The SMILES string of the molecule is CCCCOCCOCCOCCNCCS(C)=O. The van der Waals surface area contributed by atoms with Crippen LogP contribution in [0.15, 0.2) is 0 Å². The standard InChI is InChI=1S/C13H29NO4S/c1-3-4-7-16-9-11-18-12-10-17-8-5-14-6-13-19(2)15/h14H,3-13H2,1-2H3. The summed E-state index contributed by atoms with van der Waals surface area (Å²) in [6, 6.07) is 0. The maximum absolute atomic E-state index is 10.8. The van der Waals surface area contributed by atoms with E-state index in [9.17, 15) is 4.21 Å². The van der Waals surface area contributed by atoms with E-state index in [0.717, 1.165) is 32.5 Å². The second-order valence-electron chi connectivity index (χ2n) is 4.22. The van der Waals surface area contributed by atoms with Crippen LogP contribution in [-0.4, -0.2) is 68.9 Å². The highest BCUT2D eigenvalue weighted by Crippen LogP contribution is 1.87. The molecule has 0 aromatic heterocycles. The lowest BCUT2D eigenvalue weighted by Crippen LogP contribution is -2.24. The minimum absolute atomic E-state index is 0.607. The van der Waals surface area contributed by atoms with Crippen molar-refractivity contribution in [3.8, 4) is 0 Å². The molecule has 0 aliphatic carbocycles. The zero-order chi connectivity index (χ0) is 14.2. The van der Waals surface area contributed by atoms with Crippen LogP contribution in [0.25, 0.3) is 0 Å². The van der Waals surface area contributed by atoms with Gasteiger partial charge in [0.25, 0.3) is 0 Å². The van der Waals surface area contributed by atoms with Gasteiger partial charge in [0.05, 0.1) is 33.0 Å². The molecule has 5 nitrogen and oxygen atoms in total. The number of nitrogens with one attached hydrogen (secondary N) is 1. The lowest BCUT2D eigenvalue weighted by Gasteiger charge is -2.07. The van der Waals surface area contributed by atoms with E-state index >= 15 is 0 Å². The molecular weight excluding hydrogens is 266 g/mol. The Labute approximate surface area is 119 Å². The van der Waals surface area contributed by atoms with Crippen molar-refractivity contribution < 1.29 is 18.4 Å². The minimum Gasteiger partial charge on any atom is -0.379 e. The third kappa shape index (κ3) is 18.0. The van der Waals surface area contributed by atoms with Crippen molar-refractivity contribution in [2.45, 2.75) is 19.8 Å². The van der Waals surface area contributed by atoms with Gasteiger partial charge in [0.1, 0.15) is 0 Å². The summed E-state index contributed by atoms with van der Waals surface area (Å²) < 4.78 is 26.9. The van der Waals surface area contributed by atoms with Gasteiger partial charge in [-0.15, -0.1) is 0 Å². The molecule has 116 valence electrons. The fraction of sp³-hybridized carbons (Fsp3) is 1.00. The van der Waals surface area contributed by atoms with E-state index in [2.05, 4.69) is 12.2 Å². The average molecular weight is 295 g/mol. The predicted molar refractivity (Wildman–Crippen MR) is 79.2 cm³/mol. The molecule has 0 aliphatic rings. The minimum atomic E-state index is -0.717. The fourth-order valence-corrected chi connectivity index (χ4v) is 1.71. The van der Waals surface area contributed by atoms with Gasteiger partial charge in [-0.25, -0.2) is 0 Å². The zero-order valence-corrected chi connectivity index (χ0v) is 13.1. The summed E-state index contributed by atoms with van der Waals surface area (Å²) in [5, 5.41) is 3.17. The van der Waals surface area contributed by atoms with E-state index in [0.29, 0.717) is 38.8 Å². The van der Waals surface area contributed by atoms with Crippen LogP contribution >= 0.6 is 0 Å². The summed E-state index contributed by atoms with van der Waals surface area (Å²) in [7, 11) is -0.717. The van der Waals surface area contributed by atoms with Crippen molar-refractivity contribution in [3.05, 3.63) is 0 Å². The van der Waals surface area contributed by atoms with Crippen molar-refractivity contribution in [1.29, 1.82) is 0 Å². The number of hydrogen-bond donors (Lipinski definition) is 1. The zero-order valence-electron chi connectivity index (χ0n) is 12.3. The van der Waals surface area contributed by atoms with E-state index in [1.807, 2.05) is 0 Å². The lowest BCUT2D eigenvalue weighted by molar-refractivity contribution is 0.0147. The molecule has 0 aliphatic heterocycles. The quantitative estimate of drug-likeness (QED) is 0.453. The largest absolute Gasteiger partial charge is 0.379 e. The molecule has 1 atom stereocenters. The highest BCUT2D eigenvalue weighted by molar-refractivity contribution is 7.84. The first-order chi connectivity index (χ1) is 9.27. The van der Waals surface area contributed by atoms with Gasteiger partial charge in [-0.3, -0.25) is 4.21 Å². The fourth-order valence-electron chi connectivity index (χ4n) is 1.27. The third-order valence-electron chi connectivity index (χ3n) is 2.38. The summed E-state index contributed by atoms with van der Waals surface area (Å²) in [6.45, 7) is 7.70. The maximum Gasteiger partial charge on any atom is 0.0701 e. The van der Waals surface area contributed by atoms with E-state index in [4.69, 9.17) is 14.2 Å². The van der Waals surface area contributed by atoms with E-state index in [1.54, 1.807) is 6.26 Å². The molecule has 0 saturated carbocycles. The normalized spacial score (nSPS) is 12.7. The Kier molecular flexibility index (Phi) is 16.0. The van der Waals surface area contributed by atoms with Crippen molar-refractivity contribution in [3.63, 3.8) is 0 Å². The van der Waals surface area contributed by atoms with Gasteiger partial charge >= 0.3 is 0 Å². The van der Waals surface area contributed by atoms with Crippen LogP contribution in [0.4, 0.5) is 0 Å². The van der Waals surface area contributed by atoms with Crippen molar-refractivity contribution in [2.24, 2.45) is 0 Å². The van der Waals surface area contributed by atoms with Gasteiger partial charge < -0.3 is 19.5 Å². The topological polar surface area (TPSA) is 56.8 Å². The van der Waals surface area contributed by atoms with Crippen molar-refractivity contribution >= 4 is 10.8 Å². The molecule has 19 heavy (non-hydrogen) atoms. The Bertz CT molecular complexity index is 205. The van der Waals surface area contributed by atoms with E-state index in [1.165, 1.54) is 0 Å². The molecule has 0 saturated heterocycles. The van der Waals surface area contributed by atoms with Crippen LogP contribution in [0.3, 0.4) is 0 Å². The molecule has 0 spiro atoms. The van der Waals surface area contributed by atoms with Crippen LogP contribution < -0.4 is 5.32 Å². The molecule has 6 heteroatoms. The Morgan fingerprint density at radius 1 is 0.895 bits per heavy atom. The number of hydrogen-bond acceptors (Lipinski definition) is 5. The summed E-state index contributed by atoms with van der Waals surface area (Å²) >= 11 is 0. The summed E-state index contributed by atoms with van der Waals surface area (Å²) in [4.78, 5) is 0. The third-order valence-corrected chi connectivity index (χ3v) is 3.15. The van der Waals surface area contributed by atoms with Gasteiger partial charge in [-0.2, -0.15) is 0 Å². The van der Waals surface area contributed by atoms with Crippen molar-refractivity contribution in [2.75, 3.05) is 64.7 Å². The van der Waals surface area contributed by atoms with Crippen LogP contribution in [-0.2, 0) is 25.0 Å². The highest BCUT2D eigenvalue weighted by atomic mass is 32.2. The Hall–Kier alpha value is -0.0100. The van der Waals surface area contributed by atoms with Crippen molar-refractivity contribution in [1.82, 2.24) is 5.32 Å². The lowest BCUT2D eigenvalue weighted by atomic mass is 10.4. The summed E-state index contributed by atoms with van der Waals surface area (Å²) in [5.41, 5.74) is 0. The molecule has 0 bridgehead atoms. The second-order valence-corrected chi connectivity index (χ2v) is 5.77. The van der Waals surface area contributed by atoms with Gasteiger partial charge in [0.2, 0.25) is 0 Å². The average Bonchev–Trinajstić information content (AvgIpc) is 2.39. The first kappa shape index (κ1) is 19.0. The summed E-state index contributed by atoms with van der Waals surface area (Å²) in [5.74, 6) is 0.696. The molecule has 0 rings (SSSR count). The maximum atomic E-state index is 10.8. The van der Waals surface area contributed by atoms with Crippen LogP contribution in [0.1, 0.15) is 19.8 Å². The number of rotatable bonds is 15. The highest BCUT2D eigenvalue weighted by Gasteiger charge is 1.93. The molecule has 1 unspecified atom stereocenters. The smallest absolute Gasteiger partial charge is 0.0701 e. The van der Waals surface area contributed by atoms with Gasteiger partial charge in [0.15, 0.2) is 0 Å².